The number of amides is 8. The van der Waals surface area contributed by atoms with Gasteiger partial charge >= 0.3 is 5.97 Å². The van der Waals surface area contributed by atoms with Crippen LogP contribution < -0.4 is 48.3 Å². The van der Waals surface area contributed by atoms with E-state index in [9.17, 15) is 53.4 Å². The summed E-state index contributed by atoms with van der Waals surface area (Å²) in [5.74, 6) is -5.75. The lowest BCUT2D eigenvalue weighted by Gasteiger charge is -2.28. The second-order valence-electron chi connectivity index (χ2n) is 16.7. The zero-order chi connectivity index (χ0) is 49.1. The molecular formula is C41H75N9O11S3. The molecule has 0 spiro atoms. The van der Waals surface area contributed by atoms with Crippen LogP contribution in [0.4, 0.5) is 0 Å². The van der Waals surface area contributed by atoms with Crippen LogP contribution in [0.25, 0.3) is 0 Å². The van der Waals surface area contributed by atoms with Gasteiger partial charge in [-0.1, -0.05) is 41.5 Å². The summed E-state index contributed by atoms with van der Waals surface area (Å²) in [7, 11) is 0. The summed E-state index contributed by atoms with van der Waals surface area (Å²) < 4.78 is 0. The maximum atomic E-state index is 13.8. The number of nitrogens with one attached hydrogen (secondary N) is 8. The lowest BCUT2D eigenvalue weighted by molar-refractivity contribution is -0.142. The average molecular weight is 966 g/mol. The average Bonchev–Trinajstić information content (AvgIpc) is 3.21. The molecule has 0 rings (SSSR count). The second-order valence-corrected chi connectivity index (χ2v) is 19.7. The number of aliphatic carboxylic acids is 1. The number of carbonyl (C=O) groups excluding carboxylic acids is 8. The van der Waals surface area contributed by atoms with Crippen LogP contribution >= 0.6 is 35.3 Å². The predicted molar refractivity (Wildman–Crippen MR) is 252 cm³/mol. The van der Waals surface area contributed by atoms with Crippen LogP contribution in [0, 0.1) is 17.8 Å². The Morgan fingerprint density at radius 1 is 0.469 bits per heavy atom. The first-order valence-corrected chi connectivity index (χ1v) is 25.7. The number of carbonyl (C=O) groups is 9. The number of rotatable bonds is 33. The molecule has 23 heteroatoms. The zero-order valence-electron chi connectivity index (χ0n) is 39.0. The van der Waals surface area contributed by atoms with Crippen LogP contribution in [0.3, 0.4) is 0 Å². The quantitative estimate of drug-likeness (QED) is 0.0388. The summed E-state index contributed by atoms with van der Waals surface area (Å²) in [5.41, 5.74) is 5.36. The summed E-state index contributed by atoms with van der Waals surface area (Å²) in [6.45, 7) is 11.3. The molecule has 64 heavy (non-hydrogen) atoms. The van der Waals surface area contributed by atoms with Crippen LogP contribution in [0.2, 0.25) is 0 Å². The van der Waals surface area contributed by atoms with E-state index in [-0.39, 0.29) is 56.3 Å². The van der Waals surface area contributed by atoms with Crippen molar-refractivity contribution in [1.82, 2.24) is 42.5 Å². The van der Waals surface area contributed by atoms with Crippen molar-refractivity contribution in [3.63, 3.8) is 0 Å². The molecule has 8 amide bonds. The molecule has 0 aromatic rings. The van der Waals surface area contributed by atoms with Crippen molar-refractivity contribution in [3.05, 3.63) is 0 Å². The Morgan fingerprint density at radius 3 is 1.17 bits per heavy atom. The van der Waals surface area contributed by atoms with Crippen LogP contribution in [-0.2, 0) is 43.2 Å². The van der Waals surface area contributed by atoms with Crippen LogP contribution in [-0.4, -0.2) is 161 Å². The summed E-state index contributed by atoms with van der Waals surface area (Å²) >= 11 is 4.26. The van der Waals surface area contributed by atoms with E-state index in [1.165, 1.54) is 42.2 Å². The molecule has 0 heterocycles. The Hall–Kier alpha value is -3.80. The third kappa shape index (κ3) is 25.0. The zero-order valence-corrected chi connectivity index (χ0v) is 41.4. The Kier molecular flexibility index (Phi) is 30.8. The molecule has 12 N–H and O–H groups in total. The lowest BCUT2D eigenvalue weighted by atomic mass is 9.99. The van der Waals surface area contributed by atoms with Gasteiger partial charge in [0.2, 0.25) is 47.3 Å². The molecule has 368 valence electrons. The molecule has 0 aliphatic rings. The maximum absolute atomic E-state index is 13.8. The summed E-state index contributed by atoms with van der Waals surface area (Å²) in [6.07, 6.45) is 5.13. The van der Waals surface area contributed by atoms with Crippen molar-refractivity contribution in [2.24, 2.45) is 23.5 Å². The molecule has 0 aromatic carbocycles. The van der Waals surface area contributed by atoms with E-state index in [1.54, 1.807) is 6.26 Å². The van der Waals surface area contributed by atoms with E-state index < -0.39 is 115 Å². The number of carboxylic acid groups (broad SMARTS) is 1. The highest BCUT2D eigenvalue weighted by molar-refractivity contribution is 7.98. The molecule has 0 aromatic heterocycles. The number of aliphatic hydroxyl groups is 1. The van der Waals surface area contributed by atoms with Gasteiger partial charge in [-0.15, -0.1) is 0 Å². The van der Waals surface area contributed by atoms with E-state index in [1.807, 2.05) is 54.1 Å². The second kappa shape index (κ2) is 32.8. The largest absolute Gasteiger partial charge is 0.480 e. The van der Waals surface area contributed by atoms with Gasteiger partial charge in [0, 0.05) is 0 Å². The number of aliphatic hydroxyl groups excluding tert-OH is 1. The monoisotopic (exact) mass is 965 g/mol. The number of hydrogen-bond acceptors (Lipinski definition) is 14. The standard InChI is InChI=1S/C41H75N9O11S3/c1-22(2)17-29(47-39(58)31(19-24(5)6)49-37(56)27(12-15-63-9)45-40(59)34(25(7)51)50-32(52)20-42)35(54)43-21-33(53)44-26(11-14-62-8)36(55)48-30(18-23(3)4)38(57)46-28(41(60)61)13-16-64-10/h22-31,34,51H,11-21,42H2,1-10H3,(H,43,54)(H,44,53)(H,45,59)(H,46,57)(H,47,58)(H,48,55)(H,49,56)(H,50,52)(H,60,61)/t25-,26+,27+,28+,29+,30+,31+,34+/m1/s1. The Bertz CT molecular complexity index is 1520. The molecule has 0 bridgehead atoms. The smallest absolute Gasteiger partial charge is 0.326 e. The Morgan fingerprint density at radius 2 is 0.812 bits per heavy atom. The van der Waals surface area contributed by atoms with Gasteiger partial charge in [-0.2, -0.15) is 35.3 Å². The third-order valence-corrected chi connectivity index (χ3v) is 11.4. The van der Waals surface area contributed by atoms with Gasteiger partial charge in [-0.05, 0) is 99.2 Å². The molecule has 0 fully saturated rings. The minimum Gasteiger partial charge on any atom is -0.480 e. The van der Waals surface area contributed by atoms with Crippen LogP contribution in [0.15, 0.2) is 0 Å². The fourth-order valence-corrected chi connectivity index (χ4v) is 7.55. The number of thioether (sulfide) groups is 3. The molecule has 8 atom stereocenters. The van der Waals surface area contributed by atoms with Crippen molar-refractivity contribution < 1.29 is 53.4 Å². The molecule has 20 nitrogen and oxygen atoms in total. The molecule has 0 saturated carbocycles. The Labute approximate surface area is 390 Å². The molecule has 0 aliphatic carbocycles. The molecule has 0 radical (unpaired) electrons. The van der Waals surface area contributed by atoms with Gasteiger partial charge in [-0.3, -0.25) is 38.4 Å². The van der Waals surface area contributed by atoms with Gasteiger partial charge in [0.25, 0.3) is 0 Å². The van der Waals surface area contributed by atoms with Gasteiger partial charge < -0.3 is 58.5 Å². The lowest BCUT2D eigenvalue weighted by Crippen LogP contribution is -2.60. The van der Waals surface area contributed by atoms with E-state index in [0.717, 1.165) is 0 Å². The van der Waals surface area contributed by atoms with E-state index in [2.05, 4.69) is 42.5 Å². The highest BCUT2D eigenvalue weighted by Crippen LogP contribution is 2.12. The van der Waals surface area contributed by atoms with Crippen molar-refractivity contribution in [2.75, 3.05) is 49.1 Å². The minimum atomic E-state index is -1.40. The van der Waals surface area contributed by atoms with Crippen molar-refractivity contribution in [2.45, 2.75) is 135 Å². The maximum Gasteiger partial charge on any atom is 0.326 e. The van der Waals surface area contributed by atoms with E-state index >= 15 is 0 Å². The molecule has 0 aliphatic heterocycles. The molecular weight excluding hydrogens is 891 g/mol. The van der Waals surface area contributed by atoms with E-state index in [4.69, 9.17) is 5.73 Å². The van der Waals surface area contributed by atoms with Crippen molar-refractivity contribution in [3.8, 4) is 0 Å². The Balaban J connectivity index is 6.10. The van der Waals surface area contributed by atoms with Gasteiger partial charge in [0.15, 0.2) is 0 Å². The SMILES string of the molecule is CSCC[C@H](NC(=O)[C@H](CC(C)C)NC(=O)[C@H](CCSC)NC(=O)CNC(=O)[C@H](CC(C)C)NC(=O)[C@H](CC(C)C)NC(=O)[C@H](CCSC)NC(=O)[C@@H](NC(=O)CN)[C@@H](C)O)C(=O)O. The highest BCUT2D eigenvalue weighted by atomic mass is 32.2. The fourth-order valence-electron chi connectivity index (χ4n) is 6.14. The third-order valence-electron chi connectivity index (χ3n) is 9.44. The normalized spacial score (nSPS) is 15.0. The topological polar surface area (TPSA) is 316 Å². The van der Waals surface area contributed by atoms with Gasteiger partial charge in [-0.25, -0.2) is 4.79 Å². The molecule has 0 saturated heterocycles. The summed E-state index contributed by atoms with van der Waals surface area (Å²) in [5, 5.41) is 40.5. The minimum absolute atomic E-state index is 0.0567. The van der Waals surface area contributed by atoms with Crippen LogP contribution in [0.5, 0.6) is 0 Å². The fraction of sp³-hybridized carbons (Fsp3) is 0.780. The summed E-state index contributed by atoms with van der Waals surface area (Å²) in [4.78, 5) is 118. The number of nitrogens with two attached hydrogens (primary N) is 1. The van der Waals surface area contributed by atoms with E-state index in [0.29, 0.717) is 17.3 Å². The summed E-state index contributed by atoms with van der Waals surface area (Å²) in [6, 6.07) is -8.20. The van der Waals surface area contributed by atoms with Crippen molar-refractivity contribution >= 4 is 88.5 Å². The first kappa shape index (κ1) is 60.2. The first-order valence-electron chi connectivity index (χ1n) is 21.5. The predicted octanol–water partition coefficient (Wildman–Crippen LogP) is -0.682. The molecule has 0 unspecified atom stereocenters. The van der Waals surface area contributed by atoms with Gasteiger partial charge in [0.05, 0.1) is 19.2 Å². The van der Waals surface area contributed by atoms with Gasteiger partial charge in [0.1, 0.15) is 42.3 Å². The highest BCUT2D eigenvalue weighted by Gasteiger charge is 2.34. The number of hydrogen-bond donors (Lipinski definition) is 11. The number of carboxylic acids is 1. The van der Waals surface area contributed by atoms with Crippen molar-refractivity contribution in [1.29, 1.82) is 0 Å². The first-order chi connectivity index (χ1) is 30.0. The van der Waals surface area contributed by atoms with Crippen LogP contribution in [0.1, 0.15) is 87.0 Å².